The summed E-state index contributed by atoms with van der Waals surface area (Å²) >= 11 is 7.16. The molecule has 1 aliphatic heterocycles. The third-order valence-corrected chi connectivity index (χ3v) is 3.76. The molecule has 1 atom stereocenters. The maximum absolute atomic E-state index is 11.6. The number of amides is 2. The van der Waals surface area contributed by atoms with Gasteiger partial charge in [0.15, 0.2) is 5.17 Å². The summed E-state index contributed by atoms with van der Waals surface area (Å²) in [6, 6.07) is 7.18. The van der Waals surface area contributed by atoms with Crippen LogP contribution in [0.3, 0.4) is 0 Å². The zero-order valence-electron chi connectivity index (χ0n) is 10.4. The number of amidine groups is 1. The average molecular weight is 298 g/mol. The fraction of sp³-hybridized carbons (Fsp3) is 0.250. The summed E-state index contributed by atoms with van der Waals surface area (Å²) < 4.78 is 0. The lowest BCUT2D eigenvalue weighted by Crippen LogP contribution is -2.25. The number of carbonyl (C=O) groups is 2. The molecule has 0 aliphatic carbocycles. The number of hydrogen-bond acceptors (Lipinski definition) is 4. The van der Waals surface area contributed by atoms with E-state index in [1.807, 2.05) is 12.1 Å². The molecule has 0 unspecified atom stereocenters. The molecule has 2 rings (SSSR count). The molecular weight excluding hydrogens is 286 g/mol. The van der Waals surface area contributed by atoms with Crippen molar-refractivity contribution in [3.8, 4) is 0 Å². The Morgan fingerprint density at radius 2 is 1.95 bits per heavy atom. The van der Waals surface area contributed by atoms with E-state index in [2.05, 4.69) is 10.4 Å². The Hall–Kier alpha value is -1.53. The van der Waals surface area contributed by atoms with Crippen LogP contribution in [-0.4, -0.2) is 22.0 Å². The molecule has 0 fully saturated rings. The molecule has 0 saturated carbocycles. The van der Waals surface area contributed by atoms with Gasteiger partial charge in [0.25, 0.3) is 0 Å². The van der Waals surface area contributed by atoms with Gasteiger partial charge < -0.3 is 5.32 Å². The van der Waals surface area contributed by atoms with E-state index >= 15 is 0 Å². The first kappa shape index (κ1) is 13.9. The van der Waals surface area contributed by atoms with Gasteiger partial charge in [0.2, 0.25) is 11.8 Å². The quantitative estimate of drug-likeness (QED) is 0.865. The van der Waals surface area contributed by atoms with E-state index in [9.17, 15) is 9.59 Å². The molecule has 0 spiro atoms. The largest absolute Gasteiger partial charge is 0.304 e. The van der Waals surface area contributed by atoms with Gasteiger partial charge in [0, 0.05) is 18.9 Å². The van der Waals surface area contributed by atoms with Crippen molar-refractivity contribution >= 4 is 40.3 Å². The van der Waals surface area contributed by atoms with Crippen LogP contribution < -0.4 is 5.32 Å². The first-order valence-corrected chi connectivity index (χ1v) is 6.81. The van der Waals surface area contributed by atoms with E-state index in [0.29, 0.717) is 10.2 Å². The average Bonchev–Trinajstić information content (AvgIpc) is 2.73. The lowest BCUT2D eigenvalue weighted by molar-refractivity contribution is -0.129. The molecular formula is C12H12ClN3O2S. The highest BCUT2D eigenvalue weighted by atomic mass is 35.5. The van der Waals surface area contributed by atoms with Crippen LogP contribution in [0.15, 0.2) is 29.4 Å². The maximum atomic E-state index is 11.6. The Morgan fingerprint density at radius 3 is 2.47 bits per heavy atom. The molecule has 1 heterocycles. The Bertz CT molecular complexity index is 544. The van der Waals surface area contributed by atoms with Gasteiger partial charge in [-0.05, 0) is 17.7 Å². The standard InChI is InChI=1S/C12H12ClN3O2S/c1-7(17)14-12-15-16(8(2)18)11(19-12)9-3-5-10(13)6-4-9/h3-6,11H,1-2H3,(H,14,15,17)/t11-/m0/s1. The number of rotatable bonds is 1. The summed E-state index contributed by atoms with van der Waals surface area (Å²) in [5.74, 6) is -0.403. The number of thioether (sulfide) groups is 1. The summed E-state index contributed by atoms with van der Waals surface area (Å²) in [7, 11) is 0. The Labute approximate surface area is 120 Å². The van der Waals surface area contributed by atoms with Crippen LogP contribution in [0.4, 0.5) is 0 Å². The van der Waals surface area contributed by atoms with Crippen molar-refractivity contribution in [1.29, 1.82) is 0 Å². The monoisotopic (exact) mass is 297 g/mol. The van der Waals surface area contributed by atoms with Crippen LogP contribution in [-0.2, 0) is 9.59 Å². The minimum absolute atomic E-state index is 0.187. The molecule has 0 bridgehead atoms. The van der Waals surface area contributed by atoms with Crippen molar-refractivity contribution < 1.29 is 9.59 Å². The summed E-state index contributed by atoms with van der Waals surface area (Å²) in [4.78, 5) is 22.6. The van der Waals surface area contributed by atoms with Crippen molar-refractivity contribution in [2.24, 2.45) is 5.10 Å². The number of nitrogens with zero attached hydrogens (tertiary/aromatic N) is 2. The number of halogens is 1. The molecule has 2 amide bonds. The second-order valence-corrected chi connectivity index (χ2v) is 5.48. The van der Waals surface area contributed by atoms with Crippen molar-refractivity contribution in [2.45, 2.75) is 19.2 Å². The highest BCUT2D eigenvalue weighted by molar-refractivity contribution is 8.14. The van der Waals surface area contributed by atoms with Gasteiger partial charge in [-0.1, -0.05) is 35.5 Å². The normalized spacial score (nSPS) is 18.2. The Balaban J connectivity index is 2.24. The number of hydrogen-bond donors (Lipinski definition) is 1. The molecule has 1 aromatic rings. The highest BCUT2D eigenvalue weighted by Crippen LogP contribution is 2.38. The van der Waals surface area contributed by atoms with Crippen LogP contribution in [0.2, 0.25) is 5.02 Å². The molecule has 100 valence electrons. The molecule has 19 heavy (non-hydrogen) atoms. The van der Waals surface area contributed by atoms with E-state index in [-0.39, 0.29) is 17.2 Å². The molecule has 0 aromatic heterocycles. The van der Waals surface area contributed by atoms with E-state index < -0.39 is 0 Å². The molecule has 7 heteroatoms. The van der Waals surface area contributed by atoms with Crippen LogP contribution in [0, 0.1) is 0 Å². The van der Waals surface area contributed by atoms with Gasteiger partial charge in [-0.15, -0.1) is 5.10 Å². The predicted octanol–water partition coefficient (Wildman–Crippen LogP) is 2.34. The summed E-state index contributed by atoms with van der Waals surface area (Å²) in [6.07, 6.45) is 0. The van der Waals surface area contributed by atoms with Gasteiger partial charge in [-0.2, -0.15) is 0 Å². The maximum Gasteiger partial charge on any atom is 0.241 e. The van der Waals surface area contributed by atoms with E-state index in [1.165, 1.54) is 30.6 Å². The second-order valence-electron chi connectivity index (χ2n) is 3.97. The molecule has 1 aliphatic rings. The van der Waals surface area contributed by atoms with E-state index in [4.69, 9.17) is 11.6 Å². The summed E-state index contributed by atoms with van der Waals surface area (Å²) in [5.41, 5.74) is 0.897. The summed E-state index contributed by atoms with van der Waals surface area (Å²) in [5, 5.41) is 8.81. The smallest absolute Gasteiger partial charge is 0.241 e. The highest BCUT2D eigenvalue weighted by Gasteiger charge is 2.32. The van der Waals surface area contributed by atoms with Crippen LogP contribution >= 0.6 is 23.4 Å². The number of nitrogens with one attached hydrogen (secondary N) is 1. The molecule has 1 aromatic carbocycles. The topological polar surface area (TPSA) is 61.8 Å². The lowest BCUT2D eigenvalue weighted by Gasteiger charge is -2.19. The van der Waals surface area contributed by atoms with Crippen molar-refractivity contribution in [2.75, 3.05) is 0 Å². The zero-order chi connectivity index (χ0) is 14.0. The van der Waals surface area contributed by atoms with Gasteiger partial charge in [-0.3, -0.25) is 9.59 Å². The SMILES string of the molecule is CC(=O)NC1=NN(C(C)=O)[C@H](c2ccc(Cl)cc2)S1. The minimum atomic E-state index is -0.281. The van der Waals surface area contributed by atoms with Crippen molar-refractivity contribution in [1.82, 2.24) is 10.3 Å². The second kappa shape index (κ2) is 5.63. The minimum Gasteiger partial charge on any atom is -0.304 e. The number of hydrazone groups is 1. The van der Waals surface area contributed by atoms with Crippen molar-refractivity contribution in [3.05, 3.63) is 34.9 Å². The van der Waals surface area contributed by atoms with Gasteiger partial charge in [-0.25, -0.2) is 5.01 Å². The Kier molecular flexibility index (Phi) is 4.11. The van der Waals surface area contributed by atoms with Gasteiger partial charge >= 0.3 is 0 Å². The number of benzene rings is 1. The zero-order valence-corrected chi connectivity index (χ0v) is 12.0. The molecule has 1 N–H and O–H groups in total. The predicted molar refractivity (Wildman–Crippen MR) is 75.6 cm³/mol. The van der Waals surface area contributed by atoms with Crippen LogP contribution in [0.1, 0.15) is 24.8 Å². The van der Waals surface area contributed by atoms with Crippen LogP contribution in [0.25, 0.3) is 0 Å². The van der Waals surface area contributed by atoms with Gasteiger partial charge in [0.1, 0.15) is 5.37 Å². The first-order chi connectivity index (χ1) is 8.97. The molecule has 5 nitrogen and oxygen atoms in total. The fourth-order valence-electron chi connectivity index (χ4n) is 1.61. The van der Waals surface area contributed by atoms with E-state index in [0.717, 1.165) is 5.56 Å². The first-order valence-electron chi connectivity index (χ1n) is 5.55. The third kappa shape index (κ3) is 3.27. The van der Waals surface area contributed by atoms with Gasteiger partial charge in [0.05, 0.1) is 0 Å². The third-order valence-electron chi connectivity index (χ3n) is 2.40. The summed E-state index contributed by atoms with van der Waals surface area (Å²) in [6.45, 7) is 2.83. The van der Waals surface area contributed by atoms with Crippen molar-refractivity contribution in [3.63, 3.8) is 0 Å². The number of carbonyl (C=O) groups excluding carboxylic acids is 2. The van der Waals surface area contributed by atoms with Crippen LogP contribution in [0.5, 0.6) is 0 Å². The fourth-order valence-corrected chi connectivity index (χ4v) is 2.87. The van der Waals surface area contributed by atoms with E-state index in [1.54, 1.807) is 12.1 Å². The molecule has 0 saturated heterocycles. The lowest BCUT2D eigenvalue weighted by atomic mass is 10.2. The molecule has 0 radical (unpaired) electrons. The Morgan fingerprint density at radius 1 is 1.32 bits per heavy atom.